The average Bonchev–Trinajstić information content (AvgIpc) is 0.786. The van der Waals surface area contributed by atoms with Gasteiger partial charge in [-0.2, -0.15) is 5.26 Å². The molecule has 0 fully saturated rings. The van der Waals surface area contributed by atoms with Crippen molar-refractivity contribution < 1.29 is 0 Å². The van der Waals surface area contributed by atoms with Crippen LogP contribution in [0.25, 0.3) is 112 Å². The lowest BCUT2D eigenvalue weighted by molar-refractivity contribution is 0.568. The van der Waals surface area contributed by atoms with Crippen LogP contribution in [-0.4, -0.2) is 36.2 Å². The van der Waals surface area contributed by atoms with E-state index in [1.807, 2.05) is 109 Å². The molecule has 108 heavy (non-hydrogen) atoms. The van der Waals surface area contributed by atoms with Crippen molar-refractivity contribution in [2.24, 2.45) is 0 Å². The quantitative estimate of drug-likeness (QED) is 0.0985. The number of nitriles is 1. The summed E-state index contributed by atoms with van der Waals surface area (Å²) in [6, 6.07) is 99.1. The van der Waals surface area contributed by atoms with Crippen molar-refractivity contribution in [3.8, 4) is 90.9 Å². The van der Waals surface area contributed by atoms with Crippen molar-refractivity contribution in [1.29, 1.82) is 5.26 Å². The zero-order chi connectivity index (χ0) is 74.7. The molecule has 10 nitrogen and oxygen atoms in total. The first-order chi connectivity index (χ1) is 51.9. The smallest absolute Gasteiger partial charge is 0.251 e. The predicted molar refractivity (Wildman–Crippen MR) is 448 cm³/mol. The molecule has 0 spiro atoms. The minimum absolute atomic E-state index is 0.206. The summed E-state index contributed by atoms with van der Waals surface area (Å²) < 4.78 is 2.36. The van der Waals surface area contributed by atoms with Gasteiger partial charge in [0.15, 0.2) is 29.0 Å². The minimum Gasteiger partial charge on any atom is -0.313 e. The number of anilines is 6. The van der Waals surface area contributed by atoms with Crippen molar-refractivity contribution in [3.05, 3.63) is 312 Å². The van der Waals surface area contributed by atoms with Crippen LogP contribution in [0.5, 0.6) is 0 Å². The third-order valence-electron chi connectivity index (χ3n) is 21.4. The van der Waals surface area contributed by atoms with Crippen molar-refractivity contribution in [2.75, 3.05) is 9.80 Å². The maximum absolute atomic E-state index is 10.9. The van der Waals surface area contributed by atoms with Gasteiger partial charge in [0.05, 0.1) is 46.3 Å². The van der Waals surface area contributed by atoms with Crippen LogP contribution in [0.2, 0.25) is 0 Å². The van der Waals surface area contributed by atoms with Crippen LogP contribution in [0, 0.1) is 17.9 Å². The number of benzene rings is 12. The molecule has 0 saturated carbocycles. The number of hydrogen-bond acceptors (Lipinski definition) is 8. The van der Waals surface area contributed by atoms with Crippen LogP contribution in [-0.2, 0) is 21.7 Å². The van der Waals surface area contributed by atoms with Gasteiger partial charge in [-0.25, -0.2) is 29.8 Å². The Balaban J connectivity index is 0.945. The molecule has 5 heterocycles. The van der Waals surface area contributed by atoms with Crippen LogP contribution in [0.15, 0.2) is 273 Å². The highest BCUT2D eigenvalue weighted by Gasteiger charge is 2.45. The lowest BCUT2D eigenvalue weighted by atomic mass is 9.33. The molecule has 2 aliphatic heterocycles. The van der Waals surface area contributed by atoms with Crippen LogP contribution >= 0.6 is 0 Å². The Kier molecular flexibility index (Phi) is 16.5. The van der Waals surface area contributed by atoms with Crippen LogP contribution < -0.4 is 26.2 Å². The van der Waals surface area contributed by atoms with E-state index in [0.29, 0.717) is 34.5 Å². The number of nitrogens with zero attached hydrogens (tertiary/aromatic N) is 10. The number of fused-ring (bicyclic) bond motifs is 7. The second kappa shape index (κ2) is 26.0. The van der Waals surface area contributed by atoms with Crippen LogP contribution in [0.3, 0.4) is 0 Å². The van der Waals surface area contributed by atoms with E-state index in [1.54, 1.807) is 0 Å². The van der Waals surface area contributed by atoms with Gasteiger partial charge in [-0.1, -0.05) is 259 Å². The summed E-state index contributed by atoms with van der Waals surface area (Å²) in [6.45, 7) is 35.8. The molecular formula is C97H81BN10. The second-order valence-corrected chi connectivity index (χ2v) is 32.9. The molecule has 3 aromatic heterocycles. The molecule has 0 atom stereocenters. The molecule has 0 radical (unpaired) electrons. The minimum atomic E-state index is -0.280. The van der Waals surface area contributed by atoms with Crippen molar-refractivity contribution in [2.45, 2.75) is 105 Å². The number of para-hydroxylation sites is 1. The van der Waals surface area contributed by atoms with Gasteiger partial charge in [0, 0.05) is 78.3 Å². The molecule has 0 bridgehead atoms. The molecule has 0 N–H and O–H groups in total. The van der Waals surface area contributed by atoms with E-state index in [1.165, 1.54) is 22.3 Å². The molecule has 0 aliphatic carbocycles. The highest BCUT2D eigenvalue weighted by molar-refractivity contribution is 7.00. The van der Waals surface area contributed by atoms with Gasteiger partial charge in [-0.15, -0.1) is 0 Å². The summed E-state index contributed by atoms with van der Waals surface area (Å²) in [5, 5.41) is 13.1. The maximum Gasteiger partial charge on any atom is 0.251 e. The lowest BCUT2D eigenvalue weighted by Gasteiger charge is -2.45. The molecule has 0 amide bonds. The Bertz CT molecular complexity index is 5850. The van der Waals surface area contributed by atoms with Gasteiger partial charge in [0.2, 0.25) is 0 Å². The fraction of sp³-hybridized carbons (Fsp3) is 0.165. The topological polar surface area (TPSA) is 104 Å². The maximum atomic E-state index is 10.9. The van der Waals surface area contributed by atoms with E-state index in [9.17, 15) is 5.26 Å². The van der Waals surface area contributed by atoms with Crippen molar-refractivity contribution in [3.63, 3.8) is 0 Å². The summed E-state index contributed by atoms with van der Waals surface area (Å²) in [5.41, 5.74) is 26.1. The molecule has 0 saturated heterocycles. The van der Waals surface area contributed by atoms with Gasteiger partial charge < -0.3 is 14.4 Å². The van der Waals surface area contributed by atoms with Gasteiger partial charge in [0.25, 0.3) is 6.71 Å². The number of hydrogen-bond donors (Lipinski definition) is 0. The largest absolute Gasteiger partial charge is 0.313 e. The van der Waals surface area contributed by atoms with E-state index >= 15 is 0 Å². The normalized spacial score (nSPS) is 12.7. The van der Waals surface area contributed by atoms with Crippen molar-refractivity contribution in [1.82, 2.24) is 29.5 Å². The van der Waals surface area contributed by atoms with E-state index < -0.39 is 0 Å². The summed E-state index contributed by atoms with van der Waals surface area (Å²) in [7, 11) is 0. The molecular weight excluding hydrogens is 1320 g/mol. The summed E-state index contributed by atoms with van der Waals surface area (Å²) in [5.74, 6) is 2.13. The van der Waals surface area contributed by atoms with E-state index in [-0.39, 0.29) is 28.4 Å². The van der Waals surface area contributed by atoms with Gasteiger partial charge in [-0.3, -0.25) is 0 Å². The van der Waals surface area contributed by atoms with Crippen LogP contribution in [0.1, 0.15) is 111 Å². The molecule has 522 valence electrons. The fourth-order valence-corrected chi connectivity index (χ4v) is 15.5. The Hall–Kier alpha value is -12.8. The zero-order valence-electron chi connectivity index (χ0n) is 63.0. The second-order valence-electron chi connectivity index (χ2n) is 32.9. The van der Waals surface area contributed by atoms with E-state index in [2.05, 4.69) is 272 Å². The average molecular weight is 1400 g/mol. The Morgan fingerprint density at radius 1 is 0.343 bits per heavy atom. The SMILES string of the molecule is [C-]#[N+]c1ccc2c(c1)N(c1cc(C(C)(C)C)cc(C(C)(C)C)c1)c1cc(-c3ccc4c(c3)c3ccccc3n4-c3ccc(-c4nc(-c5ccccc5)cc(-c5ccccc5)n4)cc3-c3nc(-c4ccccc4)nc(-c4ccccc4)n3)cc3c1B2c1ccc(C#N)cc1N3c1cc(C(C)(C)C)cc(C(C)(C)C)c1. The summed E-state index contributed by atoms with van der Waals surface area (Å²) >= 11 is 0. The Morgan fingerprint density at radius 3 is 1.29 bits per heavy atom. The molecule has 12 aromatic carbocycles. The summed E-state index contributed by atoms with van der Waals surface area (Å²) in [6.07, 6.45) is 0. The zero-order valence-corrected chi connectivity index (χ0v) is 63.0. The molecule has 11 heteroatoms. The first-order valence-corrected chi connectivity index (χ1v) is 37.2. The highest BCUT2D eigenvalue weighted by atomic mass is 15.2. The molecule has 17 rings (SSSR count). The van der Waals surface area contributed by atoms with Gasteiger partial charge >= 0.3 is 0 Å². The van der Waals surface area contributed by atoms with Gasteiger partial charge in [-0.05, 0) is 168 Å². The first kappa shape index (κ1) is 68.3. The van der Waals surface area contributed by atoms with Gasteiger partial charge in [0.1, 0.15) is 0 Å². The van der Waals surface area contributed by atoms with Crippen LogP contribution in [0.4, 0.5) is 39.8 Å². The summed E-state index contributed by atoms with van der Waals surface area (Å²) in [4.78, 5) is 35.9. The van der Waals surface area contributed by atoms with E-state index in [0.717, 1.165) is 134 Å². The lowest BCUT2D eigenvalue weighted by Crippen LogP contribution is -2.61. The third-order valence-corrected chi connectivity index (χ3v) is 21.4. The molecule has 15 aromatic rings. The molecule has 0 unspecified atom stereocenters. The van der Waals surface area contributed by atoms with E-state index in [4.69, 9.17) is 31.5 Å². The standard InChI is InChI=1S/C97H81BN10/c1-94(2,3)68-51-69(95(4,5)6)54-73(53-68)106-85-46-60(59-99)38-42-78(85)98-79-43-41-72(100-13)57-86(79)107(74-55-70(96(7,8)9)52-71(56-74)97(10,11)12)88-50-67(49-87(106)89(88)98)65-39-44-83-76(47-65)75-36-26-27-37-82(75)108(83)84-45-40-66(92-101-80(61-28-18-14-19-29-61)58-81(102-92)62-30-20-15-21-31-62)48-77(84)93-104-90(63-32-22-16-23-33-63)103-91(105-93)64-34-24-17-25-35-64/h14-58H,1-12H3. The predicted octanol–water partition coefficient (Wildman–Crippen LogP) is 23.1. The Labute approximate surface area is 633 Å². The Morgan fingerprint density at radius 2 is 0.787 bits per heavy atom. The number of aromatic nitrogens is 6. The first-order valence-electron chi connectivity index (χ1n) is 37.2. The number of rotatable bonds is 10. The highest BCUT2D eigenvalue weighted by Crippen LogP contribution is 2.51. The third kappa shape index (κ3) is 12.3. The fourth-order valence-electron chi connectivity index (χ4n) is 15.5. The monoisotopic (exact) mass is 1400 g/mol. The van der Waals surface area contributed by atoms with Crippen molar-refractivity contribution >= 4 is 84.7 Å². The molecule has 2 aliphatic rings.